The van der Waals surface area contributed by atoms with Gasteiger partial charge in [0.2, 0.25) is 5.75 Å². The number of anilines is 2. The van der Waals surface area contributed by atoms with Crippen molar-refractivity contribution in [2.24, 2.45) is 10.2 Å². The number of nitro groups is 2. The number of phenols is 1. The van der Waals surface area contributed by atoms with Crippen LogP contribution in [0.25, 0.3) is 0 Å². The summed E-state index contributed by atoms with van der Waals surface area (Å²) in [5.41, 5.74) is 9.81. The van der Waals surface area contributed by atoms with Crippen molar-refractivity contribution < 1.29 is 15.0 Å². The highest BCUT2D eigenvalue weighted by Gasteiger charge is 2.31. The molecule has 5 N–H and O–H groups in total. The normalized spacial score (nSPS) is 10.8. The number of aromatic hydroxyl groups is 1. The fourth-order valence-corrected chi connectivity index (χ4v) is 1.72. The van der Waals surface area contributed by atoms with Gasteiger partial charge >= 0.3 is 11.4 Å². The van der Waals surface area contributed by atoms with Crippen LogP contribution >= 0.6 is 0 Å². The van der Waals surface area contributed by atoms with Gasteiger partial charge in [-0.1, -0.05) is 0 Å². The molecular formula is C12H10N6O5. The third-order valence-corrected chi connectivity index (χ3v) is 2.81. The quantitative estimate of drug-likeness (QED) is 0.334. The fraction of sp³-hybridized carbons (Fsp3) is 0. The number of hydrogen-bond acceptors (Lipinski definition) is 9. The molecule has 0 atom stereocenters. The van der Waals surface area contributed by atoms with E-state index in [1.807, 2.05) is 0 Å². The topological polar surface area (TPSA) is 183 Å². The third kappa shape index (κ3) is 3.12. The second kappa shape index (κ2) is 5.93. The molecule has 23 heavy (non-hydrogen) atoms. The zero-order valence-corrected chi connectivity index (χ0v) is 11.4. The monoisotopic (exact) mass is 318 g/mol. The molecule has 0 spiro atoms. The zero-order chi connectivity index (χ0) is 17.1. The predicted molar refractivity (Wildman–Crippen MR) is 80.9 cm³/mol. The second-order valence-electron chi connectivity index (χ2n) is 4.33. The van der Waals surface area contributed by atoms with Gasteiger partial charge < -0.3 is 16.6 Å². The lowest BCUT2D eigenvalue weighted by molar-refractivity contribution is -0.423. The summed E-state index contributed by atoms with van der Waals surface area (Å²) < 4.78 is 0. The SMILES string of the molecule is Nc1ccc(N)c(N=Nc2ccc([N+](=O)[O-])c([N+](=O)[O-])c2O)c1. The van der Waals surface area contributed by atoms with Crippen LogP contribution < -0.4 is 11.5 Å². The van der Waals surface area contributed by atoms with Gasteiger partial charge in [-0.2, -0.15) is 0 Å². The summed E-state index contributed by atoms with van der Waals surface area (Å²) >= 11 is 0. The number of rotatable bonds is 4. The van der Waals surface area contributed by atoms with Gasteiger partial charge in [0.25, 0.3) is 0 Å². The van der Waals surface area contributed by atoms with E-state index in [9.17, 15) is 25.3 Å². The number of nitrogen functional groups attached to an aromatic ring is 2. The Balaban J connectivity index is 2.51. The first-order valence-corrected chi connectivity index (χ1v) is 6.02. The number of nitrogens with two attached hydrogens (primary N) is 2. The maximum Gasteiger partial charge on any atom is 0.389 e. The molecule has 2 aromatic rings. The predicted octanol–water partition coefficient (Wildman–Crippen LogP) is 2.79. The van der Waals surface area contributed by atoms with Gasteiger partial charge in [0.15, 0.2) is 0 Å². The van der Waals surface area contributed by atoms with E-state index in [2.05, 4.69) is 10.2 Å². The van der Waals surface area contributed by atoms with E-state index in [-0.39, 0.29) is 17.1 Å². The van der Waals surface area contributed by atoms with Crippen molar-refractivity contribution in [3.8, 4) is 5.75 Å². The first-order valence-electron chi connectivity index (χ1n) is 6.02. The molecule has 11 heteroatoms. The van der Waals surface area contributed by atoms with E-state index in [1.165, 1.54) is 12.1 Å². The number of nitro benzene ring substituents is 2. The molecule has 0 amide bonds. The van der Waals surface area contributed by atoms with Crippen molar-refractivity contribution in [3.05, 3.63) is 50.6 Å². The molecule has 2 rings (SSSR count). The van der Waals surface area contributed by atoms with Gasteiger partial charge in [-0.15, -0.1) is 10.2 Å². The molecule has 0 unspecified atom stereocenters. The first kappa shape index (κ1) is 15.6. The van der Waals surface area contributed by atoms with Crippen LogP contribution in [0.4, 0.5) is 34.1 Å². The Morgan fingerprint density at radius 3 is 2.22 bits per heavy atom. The van der Waals surface area contributed by atoms with Crippen molar-refractivity contribution in [3.63, 3.8) is 0 Å². The number of hydrogen-bond donors (Lipinski definition) is 3. The maximum absolute atomic E-state index is 10.9. The van der Waals surface area contributed by atoms with E-state index in [1.54, 1.807) is 6.07 Å². The first-order chi connectivity index (χ1) is 10.8. The Bertz CT molecular complexity index is 835. The lowest BCUT2D eigenvalue weighted by Crippen LogP contribution is -1.96. The molecule has 0 fully saturated rings. The minimum Gasteiger partial charge on any atom is -0.500 e. The van der Waals surface area contributed by atoms with Crippen molar-refractivity contribution in [1.82, 2.24) is 0 Å². The van der Waals surface area contributed by atoms with Crippen molar-refractivity contribution in [1.29, 1.82) is 0 Å². The summed E-state index contributed by atoms with van der Waals surface area (Å²) in [5.74, 6) is -0.963. The molecule has 11 nitrogen and oxygen atoms in total. The molecule has 118 valence electrons. The summed E-state index contributed by atoms with van der Waals surface area (Å²) in [4.78, 5) is 19.6. The van der Waals surface area contributed by atoms with Gasteiger partial charge in [-0.3, -0.25) is 20.2 Å². The molecule has 0 bridgehead atoms. The van der Waals surface area contributed by atoms with E-state index >= 15 is 0 Å². The molecule has 0 heterocycles. The minimum atomic E-state index is -1.07. The Morgan fingerprint density at radius 1 is 0.957 bits per heavy atom. The second-order valence-corrected chi connectivity index (χ2v) is 4.33. The number of benzene rings is 2. The van der Waals surface area contributed by atoms with Crippen LogP contribution in [0.1, 0.15) is 0 Å². The average Bonchev–Trinajstić information content (AvgIpc) is 2.48. The van der Waals surface area contributed by atoms with Crippen molar-refractivity contribution in [2.75, 3.05) is 11.5 Å². The summed E-state index contributed by atoms with van der Waals surface area (Å²) in [7, 11) is 0. The third-order valence-electron chi connectivity index (χ3n) is 2.81. The van der Waals surface area contributed by atoms with Crippen molar-refractivity contribution >= 4 is 34.1 Å². The highest BCUT2D eigenvalue weighted by molar-refractivity contribution is 5.72. The Hall–Kier alpha value is -3.76. The number of nitrogens with zero attached hydrogens (tertiary/aromatic N) is 4. The molecule has 0 aliphatic rings. The van der Waals surface area contributed by atoms with E-state index in [0.717, 1.165) is 12.1 Å². The van der Waals surface area contributed by atoms with Crippen LogP contribution in [0.15, 0.2) is 40.6 Å². The zero-order valence-electron chi connectivity index (χ0n) is 11.4. The highest BCUT2D eigenvalue weighted by atomic mass is 16.6. The van der Waals surface area contributed by atoms with Crippen LogP contribution in [0.2, 0.25) is 0 Å². The number of azo groups is 1. The van der Waals surface area contributed by atoms with Crippen LogP contribution in [-0.2, 0) is 0 Å². The number of phenolic OH excluding ortho intramolecular Hbond substituents is 1. The lowest BCUT2D eigenvalue weighted by Gasteiger charge is -2.02. The molecule has 0 aliphatic carbocycles. The van der Waals surface area contributed by atoms with Crippen molar-refractivity contribution in [2.45, 2.75) is 0 Å². The standard InChI is InChI=1S/C12H10N6O5/c13-6-1-2-7(14)9(5-6)16-15-8-3-4-10(17(20)21)11(12(8)19)18(22)23/h1-5,19H,13-14H2. The van der Waals surface area contributed by atoms with E-state index in [0.29, 0.717) is 5.69 Å². The Morgan fingerprint density at radius 2 is 1.61 bits per heavy atom. The Labute approximate surface area is 128 Å². The molecule has 0 aliphatic heterocycles. The largest absolute Gasteiger partial charge is 0.500 e. The average molecular weight is 318 g/mol. The van der Waals surface area contributed by atoms with Crippen LogP contribution in [0.3, 0.4) is 0 Å². The van der Waals surface area contributed by atoms with Gasteiger partial charge in [-0.25, -0.2) is 0 Å². The van der Waals surface area contributed by atoms with Crippen LogP contribution in [0.5, 0.6) is 5.75 Å². The van der Waals surface area contributed by atoms with Gasteiger partial charge in [0.1, 0.15) is 11.4 Å². The lowest BCUT2D eigenvalue weighted by atomic mass is 10.2. The van der Waals surface area contributed by atoms with Gasteiger partial charge in [-0.05, 0) is 24.3 Å². The molecule has 2 aromatic carbocycles. The summed E-state index contributed by atoms with van der Waals surface area (Å²) in [5, 5.41) is 38.9. The Kier molecular flexibility index (Phi) is 4.03. The van der Waals surface area contributed by atoms with Crippen LogP contribution in [0, 0.1) is 20.2 Å². The maximum atomic E-state index is 10.9. The van der Waals surface area contributed by atoms with Crippen LogP contribution in [-0.4, -0.2) is 15.0 Å². The minimum absolute atomic E-state index is 0.186. The molecule has 0 saturated heterocycles. The fourth-order valence-electron chi connectivity index (χ4n) is 1.72. The van der Waals surface area contributed by atoms with Gasteiger partial charge in [0, 0.05) is 11.8 Å². The molecular weight excluding hydrogens is 308 g/mol. The van der Waals surface area contributed by atoms with E-state index < -0.39 is 27.0 Å². The summed E-state index contributed by atoms with van der Waals surface area (Å²) in [6, 6.07) is 6.33. The molecule has 0 radical (unpaired) electrons. The van der Waals surface area contributed by atoms with E-state index in [4.69, 9.17) is 11.5 Å². The molecule has 0 aromatic heterocycles. The molecule has 0 saturated carbocycles. The highest BCUT2D eigenvalue weighted by Crippen LogP contribution is 2.43. The summed E-state index contributed by atoms with van der Waals surface area (Å²) in [6.45, 7) is 0. The van der Waals surface area contributed by atoms with Gasteiger partial charge in [0.05, 0.1) is 15.5 Å². The summed E-state index contributed by atoms with van der Waals surface area (Å²) in [6.07, 6.45) is 0. The smallest absolute Gasteiger partial charge is 0.389 e.